The maximum atomic E-state index is 11.8. The van der Waals surface area contributed by atoms with Crippen LogP contribution in [0.25, 0.3) is 0 Å². The van der Waals surface area contributed by atoms with E-state index < -0.39 is 0 Å². The number of carbonyl (C=O) groups excluding carboxylic acids is 2. The maximum Gasteiger partial charge on any atom is 0.243 e. The summed E-state index contributed by atoms with van der Waals surface area (Å²) in [5, 5.41) is 5.34. The zero-order valence-electron chi connectivity index (χ0n) is 12.0. The first-order valence-electron chi connectivity index (χ1n) is 6.74. The summed E-state index contributed by atoms with van der Waals surface area (Å²) < 4.78 is 1.76. The molecule has 0 unspecified atom stereocenters. The topological polar surface area (TPSA) is 58.2 Å². The smallest absolute Gasteiger partial charge is 0.243 e. The number of benzene rings is 2. The average Bonchev–Trinajstić information content (AvgIpc) is 2.53. The van der Waals surface area contributed by atoms with Crippen LogP contribution < -0.4 is 10.6 Å². The van der Waals surface area contributed by atoms with Gasteiger partial charge in [0.15, 0.2) is 0 Å². The van der Waals surface area contributed by atoms with Crippen LogP contribution in [0.3, 0.4) is 0 Å². The van der Waals surface area contributed by atoms with Crippen LogP contribution in [0, 0.1) is 0 Å². The van der Waals surface area contributed by atoms with E-state index in [1.54, 1.807) is 6.07 Å². The molecule has 0 aromatic heterocycles. The van der Waals surface area contributed by atoms with E-state index in [1.165, 1.54) is 11.8 Å². The molecule has 120 valence electrons. The lowest BCUT2D eigenvalue weighted by Gasteiger charge is -2.08. The summed E-state index contributed by atoms with van der Waals surface area (Å²) >= 11 is 8.16. The quantitative estimate of drug-likeness (QED) is 0.643. The van der Waals surface area contributed by atoms with Gasteiger partial charge in [0.1, 0.15) is 0 Å². The van der Waals surface area contributed by atoms with Crippen molar-refractivity contribution in [1.29, 1.82) is 0 Å². The van der Waals surface area contributed by atoms with E-state index in [0.29, 0.717) is 5.69 Å². The third kappa shape index (κ3) is 6.37. The van der Waals surface area contributed by atoms with Gasteiger partial charge >= 0.3 is 0 Å². The highest BCUT2D eigenvalue weighted by molar-refractivity contribution is 9.10. The third-order valence-electron chi connectivity index (χ3n) is 2.76. The molecule has 0 spiro atoms. The molecule has 0 bridgehead atoms. The monoisotopic (exact) mass is 456 g/mol. The van der Waals surface area contributed by atoms with Crippen molar-refractivity contribution in [2.24, 2.45) is 0 Å². The molecule has 0 aliphatic heterocycles. The van der Waals surface area contributed by atoms with E-state index in [9.17, 15) is 9.59 Å². The molecule has 0 aliphatic rings. The highest BCUT2D eigenvalue weighted by atomic mass is 79.9. The number of anilines is 1. The number of hydrogen-bond acceptors (Lipinski definition) is 3. The van der Waals surface area contributed by atoms with Crippen LogP contribution in [0.2, 0.25) is 0 Å². The molecule has 0 atom stereocenters. The zero-order chi connectivity index (χ0) is 16.7. The molecule has 4 nitrogen and oxygen atoms in total. The van der Waals surface area contributed by atoms with Crippen LogP contribution in [0.15, 0.2) is 62.4 Å². The number of para-hydroxylation sites is 1. The van der Waals surface area contributed by atoms with Crippen LogP contribution in [-0.2, 0) is 9.59 Å². The Bertz CT molecular complexity index is 710. The van der Waals surface area contributed by atoms with Gasteiger partial charge in [-0.1, -0.05) is 34.1 Å². The predicted molar refractivity (Wildman–Crippen MR) is 101 cm³/mol. The molecule has 2 aromatic rings. The standard InChI is InChI=1S/C16H14Br2N2O2S/c17-11-4-3-5-12(8-11)23-10-16(22)19-9-15(21)20-14-7-2-1-6-13(14)18/h1-8H,9-10H2,(H,19,22)(H,20,21). The summed E-state index contributed by atoms with van der Waals surface area (Å²) in [5.74, 6) is -0.186. The molecule has 0 fully saturated rings. The van der Waals surface area contributed by atoms with E-state index in [-0.39, 0.29) is 24.1 Å². The Kier molecular flexibility index (Phi) is 7.14. The second-order valence-corrected chi connectivity index (χ2v) is 7.37. The molecule has 2 aromatic carbocycles. The number of thioether (sulfide) groups is 1. The van der Waals surface area contributed by atoms with E-state index in [0.717, 1.165) is 13.8 Å². The molecular weight excluding hydrogens is 444 g/mol. The summed E-state index contributed by atoms with van der Waals surface area (Å²) in [6.45, 7) is -0.0563. The Labute approximate surface area is 155 Å². The molecule has 0 saturated heterocycles. The SMILES string of the molecule is O=C(CSc1cccc(Br)c1)NCC(=O)Nc1ccccc1Br. The number of nitrogens with one attached hydrogen (secondary N) is 2. The van der Waals surface area contributed by atoms with Crippen molar-refractivity contribution in [3.8, 4) is 0 Å². The highest BCUT2D eigenvalue weighted by Gasteiger charge is 2.08. The normalized spacial score (nSPS) is 10.2. The minimum absolute atomic E-state index is 0.0563. The number of hydrogen-bond donors (Lipinski definition) is 2. The summed E-state index contributed by atoms with van der Waals surface area (Å²) in [7, 11) is 0. The molecule has 0 aliphatic carbocycles. The van der Waals surface area contributed by atoms with Crippen molar-refractivity contribution in [3.05, 3.63) is 57.5 Å². The lowest BCUT2D eigenvalue weighted by molar-refractivity contribution is -0.122. The predicted octanol–water partition coefficient (Wildman–Crippen LogP) is 4.06. The molecule has 2 amide bonds. The van der Waals surface area contributed by atoms with Crippen LogP contribution in [0.1, 0.15) is 0 Å². The van der Waals surface area contributed by atoms with Gasteiger partial charge in [0.2, 0.25) is 11.8 Å². The zero-order valence-corrected chi connectivity index (χ0v) is 16.0. The molecule has 0 radical (unpaired) electrons. The van der Waals surface area contributed by atoms with Gasteiger partial charge in [-0.3, -0.25) is 9.59 Å². The van der Waals surface area contributed by atoms with Crippen molar-refractivity contribution in [2.45, 2.75) is 4.90 Å². The summed E-state index contributed by atoms with van der Waals surface area (Å²) in [6, 6.07) is 15.0. The number of halogens is 2. The number of carbonyl (C=O) groups is 2. The van der Waals surface area contributed by atoms with E-state index in [2.05, 4.69) is 42.5 Å². The first-order chi connectivity index (χ1) is 11.0. The van der Waals surface area contributed by atoms with Crippen molar-refractivity contribution in [3.63, 3.8) is 0 Å². The van der Waals surface area contributed by atoms with E-state index >= 15 is 0 Å². The lowest BCUT2D eigenvalue weighted by Crippen LogP contribution is -2.33. The second kappa shape index (κ2) is 9.10. The van der Waals surface area contributed by atoms with Gasteiger partial charge in [0.25, 0.3) is 0 Å². The van der Waals surface area contributed by atoms with Crippen LogP contribution >= 0.6 is 43.6 Å². The Balaban J connectivity index is 1.74. The van der Waals surface area contributed by atoms with Crippen LogP contribution in [0.4, 0.5) is 5.69 Å². The molecule has 0 heterocycles. The highest BCUT2D eigenvalue weighted by Crippen LogP contribution is 2.22. The summed E-state index contributed by atoms with van der Waals surface area (Å²) in [4.78, 5) is 24.6. The maximum absolute atomic E-state index is 11.8. The fourth-order valence-corrected chi connectivity index (χ4v) is 3.41. The average molecular weight is 458 g/mol. The van der Waals surface area contributed by atoms with Gasteiger partial charge in [0.05, 0.1) is 18.0 Å². The van der Waals surface area contributed by atoms with Gasteiger partial charge in [-0.2, -0.15) is 0 Å². The largest absolute Gasteiger partial charge is 0.346 e. The molecular formula is C16H14Br2N2O2S. The number of rotatable bonds is 6. The van der Waals surface area contributed by atoms with Gasteiger partial charge in [-0.25, -0.2) is 0 Å². The first-order valence-corrected chi connectivity index (χ1v) is 9.31. The van der Waals surface area contributed by atoms with Crippen molar-refractivity contribution in [2.75, 3.05) is 17.6 Å². The van der Waals surface area contributed by atoms with E-state index in [4.69, 9.17) is 0 Å². The molecule has 2 N–H and O–H groups in total. The van der Waals surface area contributed by atoms with Crippen LogP contribution in [-0.4, -0.2) is 24.1 Å². The molecule has 7 heteroatoms. The summed E-state index contributed by atoms with van der Waals surface area (Å²) in [5.41, 5.74) is 0.676. The fraction of sp³-hybridized carbons (Fsp3) is 0.125. The lowest BCUT2D eigenvalue weighted by atomic mass is 10.3. The Morgan fingerprint density at radius 1 is 1.00 bits per heavy atom. The molecule has 0 saturated carbocycles. The van der Waals surface area contributed by atoms with Crippen molar-refractivity contribution < 1.29 is 9.59 Å². The van der Waals surface area contributed by atoms with Crippen LogP contribution in [0.5, 0.6) is 0 Å². The summed E-state index contributed by atoms with van der Waals surface area (Å²) in [6.07, 6.45) is 0. The minimum Gasteiger partial charge on any atom is -0.346 e. The Morgan fingerprint density at radius 2 is 1.78 bits per heavy atom. The van der Waals surface area contributed by atoms with Crippen molar-refractivity contribution in [1.82, 2.24) is 5.32 Å². The van der Waals surface area contributed by atoms with Crippen molar-refractivity contribution >= 4 is 61.1 Å². The Morgan fingerprint density at radius 3 is 2.52 bits per heavy atom. The number of amides is 2. The molecule has 2 rings (SSSR count). The van der Waals surface area contributed by atoms with Gasteiger partial charge in [-0.05, 0) is 46.3 Å². The third-order valence-corrected chi connectivity index (χ3v) is 4.94. The molecule has 23 heavy (non-hydrogen) atoms. The fourth-order valence-electron chi connectivity index (χ4n) is 1.69. The first kappa shape index (κ1) is 18.0. The van der Waals surface area contributed by atoms with Gasteiger partial charge in [-0.15, -0.1) is 11.8 Å². The van der Waals surface area contributed by atoms with E-state index in [1.807, 2.05) is 42.5 Å². The second-order valence-electron chi connectivity index (χ2n) is 4.55. The minimum atomic E-state index is -0.266. The Hall–Kier alpha value is -1.31. The van der Waals surface area contributed by atoms with Gasteiger partial charge in [0, 0.05) is 13.8 Å². The van der Waals surface area contributed by atoms with Gasteiger partial charge < -0.3 is 10.6 Å².